The number of carboxylic acid groups (broad SMARTS) is 2. The minimum atomic E-state index is -1.47. The third kappa shape index (κ3) is 12.3. The average molecular weight is 649 g/mol. The summed E-state index contributed by atoms with van der Waals surface area (Å²) in [6.45, 7) is 4.31. The van der Waals surface area contributed by atoms with Crippen molar-refractivity contribution in [2.45, 2.75) is 102 Å². The van der Waals surface area contributed by atoms with Gasteiger partial charge in [-0.05, 0) is 68.7 Å². The highest BCUT2D eigenvalue weighted by Gasteiger charge is 2.39. The van der Waals surface area contributed by atoms with Crippen molar-refractivity contribution in [1.82, 2.24) is 20.9 Å². The molecular formula is C31H48N6O9. The summed E-state index contributed by atoms with van der Waals surface area (Å²) in [5, 5.41) is 35.8. The molecule has 0 spiro atoms. The number of benzene rings is 1. The Kier molecular flexibility index (Phi) is 15.4. The number of carboxylic acids is 2. The number of phenolic OH excluding ortho intramolecular Hbond substituents is 1. The second-order valence-corrected chi connectivity index (χ2v) is 12.0. The first-order valence-corrected chi connectivity index (χ1v) is 15.6. The van der Waals surface area contributed by atoms with Gasteiger partial charge in [0, 0.05) is 19.4 Å². The summed E-state index contributed by atoms with van der Waals surface area (Å²) in [5.41, 5.74) is 12.3. The van der Waals surface area contributed by atoms with E-state index in [0.29, 0.717) is 44.2 Å². The van der Waals surface area contributed by atoms with E-state index in [1.807, 2.05) is 13.8 Å². The Morgan fingerprint density at radius 2 is 1.57 bits per heavy atom. The molecule has 2 rings (SSSR count). The molecule has 15 nitrogen and oxygen atoms in total. The molecule has 1 aliphatic heterocycles. The lowest BCUT2D eigenvalue weighted by molar-refractivity contribution is -0.144. The van der Waals surface area contributed by atoms with Crippen LogP contribution in [-0.4, -0.2) is 99.1 Å². The molecule has 0 bridgehead atoms. The van der Waals surface area contributed by atoms with Crippen LogP contribution in [0, 0.1) is 5.92 Å². The highest BCUT2D eigenvalue weighted by Crippen LogP contribution is 2.21. The summed E-state index contributed by atoms with van der Waals surface area (Å²) >= 11 is 0. The number of carbonyl (C=O) groups excluding carboxylic acids is 4. The molecule has 1 aliphatic rings. The zero-order valence-electron chi connectivity index (χ0n) is 26.4. The van der Waals surface area contributed by atoms with E-state index >= 15 is 0 Å². The Morgan fingerprint density at radius 3 is 2.15 bits per heavy atom. The van der Waals surface area contributed by atoms with Crippen molar-refractivity contribution < 1.29 is 44.1 Å². The highest BCUT2D eigenvalue weighted by atomic mass is 16.4. The number of aromatic hydroxyl groups is 1. The van der Waals surface area contributed by atoms with E-state index in [2.05, 4.69) is 16.0 Å². The molecule has 0 saturated carbocycles. The first-order chi connectivity index (χ1) is 21.7. The molecule has 0 radical (unpaired) electrons. The zero-order valence-corrected chi connectivity index (χ0v) is 26.4. The van der Waals surface area contributed by atoms with Crippen LogP contribution in [0.15, 0.2) is 24.3 Å². The first kappa shape index (κ1) is 37.9. The number of rotatable bonds is 19. The number of hydrogen-bond donors (Lipinski definition) is 8. The van der Waals surface area contributed by atoms with Gasteiger partial charge in [-0.3, -0.25) is 24.0 Å². The van der Waals surface area contributed by atoms with Crippen LogP contribution in [0.5, 0.6) is 5.75 Å². The van der Waals surface area contributed by atoms with Crippen LogP contribution in [0.25, 0.3) is 0 Å². The maximum atomic E-state index is 13.9. The molecule has 1 fully saturated rings. The number of carbonyl (C=O) groups is 6. The summed E-state index contributed by atoms with van der Waals surface area (Å²) < 4.78 is 0. The standard InChI is InChI=1S/C31H48N6O9/c1-18(2)16-23(28(42)34-22(31(45)46)12-13-26(39)40)35-29(43)25-7-5-15-37(25)30(44)24(17-19-8-10-20(38)11-9-19)36-27(41)21(33)6-3-4-14-32/h8-11,18,21-25,38H,3-7,12-17,32-33H2,1-2H3,(H,34,42)(H,35,43)(H,36,41)(H,39,40)(H,45,46)/t21-,22-,23-,24-,25-/m0/s1. The Morgan fingerprint density at radius 1 is 0.913 bits per heavy atom. The number of nitrogens with zero attached hydrogens (tertiary/aromatic N) is 1. The molecule has 0 aliphatic carbocycles. The van der Waals surface area contributed by atoms with E-state index in [9.17, 15) is 39.0 Å². The van der Waals surface area contributed by atoms with Gasteiger partial charge in [0.2, 0.25) is 23.6 Å². The maximum Gasteiger partial charge on any atom is 0.326 e. The predicted octanol–water partition coefficient (Wildman–Crippen LogP) is -0.168. The number of aliphatic carboxylic acids is 2. The zero-order chi connectivity index (χ0) is 34.4. The summed E-state index contributed by atoms with van der Waals surface area (Å²) in [6, 6.07) is 0.627. The molecule has 4 amide bonds. The molecule has 1 saturated heterocycles. The Hall–Kier alpha value is -4.24. The lowest BCUT2D eigenvalue weighted by Gasteiger charge is -2.31. The van der Waals surface area contributed by atoms with Crippen molar-refractivity contribution in [3.8, 4) is 5.75 Å². The molecule has 15 heteroatoms. The van der Waals surface area contributed by atoms with Gasteiger partial charge in [-0.2, -0.15) is 0 Å². The number of unbranched alkanes of at least 4 members (excludes halogenated alkanes) is 1. The van der Waals surface area contributed by atoms with E-state index in [4.69, 9.17) is 16.6 Å². The molecule has 46 heavy (non-hydrogen) atoms. The number of nitrogens with two attached hydrogens (primary N) is 2. The Bertz CT molecular complexity index is 1210. The SMILES string of the molecule is CC(C)C[C@H](NC(=O)[C@@H]1CCCN1C(=O)[C@H](Cc1ccc(O)cc1)NC(=O)[C@@H](N)CCCCN)C(=O)N[C@@H](CCC(=O)O)C(=O)O. The summed E-state index contributed by atoms with van der Waals surface area (Å²) in [5.74, 6) is -5.11. The highest BCUT2D eigenvalue weighted by molar-refractivity contribution is 5.96. The van der Waals surface area contributed by atoms with Gasteiger partial charge in [0.1, 0.15) is 29.9 Å². The summed E-state index contributed by atoms with van der Waals surface area (Å²) in [4.78, 5) is 77.5. The van der Waals surface area contributed by atoms with Crippen LogP contribution >= 0.6 is 0 Å². The third-order valence-corrected chi connectivity index (χ3v) is 7.74. The molecule has 0 aromatic heterocycles. The first-order valence-electron chi connectivity index (χ1n) is 15.6. The number of amides is 4. The monoisotopic (exact) mass is 648 g/mol. The minimum Gasteiger partial charge on any atom is -0.508 e. The molecule has 10 N–H and O–H groups in total. The van der Waals surface area contributed by atoms with E-state index < -0.39 is 72.2 Å². The molecule has 1 aromatic rings. The van der Waals surface area contributed by atoms with Gasteiger partial charge in [-0.25, -0.2) is 4.79 Å². The van der Waals surface area contributed by atoms with Crippen LogP contribution in [0.4, 0.5) is 0 Å². The lowest BCUT2D eigenvalue weighted by atomic mass is 10.0. The van der Waals surface area contributed by atoms with Crippen molar-refractivity contribution in [2.24, 2.45) is 17.4 Å². The van der Waals surface area contributed by atoms with Gasteiger partial charge in [0.05, 0.1) is 6.04 Å². The van der Waals surface area contributed by atoms with Gasteiger partial charge in [-0.15, -0.1) is 0 Å². The largest absolute Gasteiger partial charge is 0.508 e. The van der Waals surface area contributed by atoms with Gasteiger partial charge in [0.15, 0.2) is 0 Å². The van der Waals surface area contributed by atoms with E-state index in [1.54, 1.807) is 12.1 Å². The number of likely N-dealkylation sites (tertiary alicyclic amines) is 1. The van der Waals surface area contributed by atoms with Crippen LogP contribution in [0.1, 0.15) is 70.8 Å². The topological polar surface area (TPSA) is 254 Å². The van der Waals surface area contributed by atoms with Gasteiger partial charge < -0.3 is 47.6 Å². The number of nitrogens with one attached hydrogen (secondary N) is 3. The van der Waals surface area contributed by atoms with E-state index in [1.165, 1.54) is 17.0 Å². The fourth-order valence-electron chi connectivity index (χ4n) is 5.26. The van der Waals surface area contributed by atoms with Gasteiger partial charge in [-0.1, -0.05) is 32.4 Å². The Labute approximate surface area is 268 Å². The van der Waals surface area contributed by atoms with Crippen LogP contribution in [0.2, 0.25) is 0 Å². The third-order valence-electron chi connectivity index (χ3n) is 7.74. The van der Waals surface area contributed by atoms with Crippen molar-refractivity contribution >= 4 is 35.6 Å². The van der Waals surface area contributed by atoms with Crippen molar-refractivity contribution in [1.29, 1.82) is 0 Å². The molecule has 1 heterocycles. The maximum absolute atomic E-state index is 13.9. The average Bonchev–Trinajstić information content (AvgIpc) is 3.49. The van der Waals surface area contributed by atoms with Crippen LogP contribution in [-0.2, 0) is 35.2 Å². The predicted molar refractivity (Wildman–Crippen MR) is 167 cm³/mol. The molecule has 0 unspecified atom stereocenters. The van der Waals surface area contributed by atoms with Crippen molar-refractivity contribution in [3.63, 3.8) is 0 Å². The number of phenols is 1. The Balaban J connectivity index is 2.23. The molecule has 1 aromatic carbocycles. The van der Waals surface area contributed by atoms with Crippen LogP contribution < -0.4 is 27.4 Å². The number of hydrogen-bond acceptors (Lipinski definition) is 9. The van der Waals surface area contributed by atoms with E-state index in [-0.39, 0.29) is 37.5 Å². The molecule has 5 atom stereocenters. The van der Waals surface area contributed by atoms with Gasteiger partial charge >= 0.3 is 11.9 Å². The quantitative estimate of drug-likeness (QED) is 0.0914. The van der Waals surface area contributed by atoms with Crippen molar-refractivity contribution in [3.05, 3.63) is 29.8 Å². The molecular weight excluding hydrogens is 600 g/mol. The second kappa shape index (κ2) is 18.7. The van der Waals surface area contributed by atoms with Crippen LogP contribution in [0.3, 0.4) is 0 Å². The summed E-state index contributed by atoms with van der Waals surface area (Å²) in [6.07, 6.45) is 1.89. The fraction of sp³-hybridized carbons (Fsp3) is 0.613. The van der Waals surface area contributed by atoms with Gasteiger partial charge in [0.25, 0.3) is 0 Å². The van der Waals surface area contributed by atoms with E-state index in [0.717, 1.165) is 0 Å². The molecule has 256 valence electrons. The fourth-order valence-corrected chi connectivity index (χ4v) is 5.26. The second-order valence-electron chi connectivity index (χ2n) is 12.0. The normalized spacial score (nSPS) is 17.1. The lowest BCUT2D eigenvalue weighted by Crippen LogP contribution is -2.58. The minimum absolute atomic E-state index is 0.0328. The summed E-state index contributed by atoms with van der Waals surface area (Å²) in [7, 11) is 0. The smallest absolute Gasteiger partial charge is 0.326 e. The van der Waals surface area contributed by atoms with Crippen molar-refractivity contribution in [2.75, 3.05) is 13.1 Å².